The number of carbonyl (C=O) groups excluding carboxylic acids is 1. The number of aliphatic carboxylic acids is 1. The smallest absolute Gasteiger partial charge is 0.341 e. The summed E-state index contributed by atoms with van der Waals surface area (Å²) in [5, 5.41) is 8.31. The molecule has 0 atom stereocenters. The lowest BCUT2D eigenvalue weighted by atomic mass is 10.3. The Morgan fingerprint density at radius 3 is 2.40 bits per heavy atom. The van der Waals surface area contributed by atoms with Crippen molar-refractivity contribution >= 4 is 11.9 Å². The molecule has 6 nitrogen and oxygen atoms in total. The van der Waals surface area contributed by atoms with Gasteiger partial charge in [0.2, 0.25) is 0 Å². The van der Waals surface area contributed by atoms with E-state index in [2.05, 4.69) is 9.64 Å². The van der Waals surface area contributed by atoms with Crippen molar-refractivity contribution in [1.29, 1.82) is 0 Å². The first kappa shape index (κ1) is 11.9. The predicted octanol–water partition coefficient (Wildman–Crippen LogP) is -1.14. The first-order chi connectivity index (χ1) is 7.08. The minimum atomic E-state index is -1.12. The van der Waals surface area contributed by atoms with Crippen LogP contribution in [0.5, 0.6) is 0 Å². The highest BCUT2D eigenvalue weighted by molar-refractivity contribution is 5.76. The molecule has 0 amide bonds. The molecule has 1 fully saturated rings. The van der Waals surface area contributed by atoms with Crippen molar-refractivity contribution < 1.29 is 19.4 Å². The lowest BCUT2D eigenvalue weighted by molar-refractivity contribution is -0.156. The SMILES string of the molecule is CN1CCN(CC(=O)OCC(=O)O)CC1. The molecule has 1 aliphatic heterocycles. The number of hydrogen-bond donors (Lipinski definition) is 1. The van der Waals surface area contributed by atoms with E-state index in [0.717, 1.165) is 26.2 Å². The summed E-state index contributed by atoms with van der Waals surface area (Å²) < 4.78 is 4.54. The molecule has 0 spiro atoms. The van der Waals surface area contributed by atoms with Gasteiger partial charge >= 0.3 is 11.9 Å². The number of carbonyl (C=O) groups is 2. The first-order valence-corrected chi connectivity index (χ1v) is 4.86. The maximum atomic E-state index is 11.2. The van der Waals surface area contributed by atoms with Gasteiger partial charge in [0.15, 0.2) is 6.61 Å². The third-order valence-corrected chi connectivity index (χ3v) is 2.31. The van der Waals surface area contributed by atoms with Gasteiger partial charge in [-0.3, -0.25) is 9.69 Å². The molecule has 1 aliphatic rings. The van der Waals surface area contributed by atoms with Crippen LogP contribution < -0.4 is 0 Å². The van der Waals surface area contributed by atoms with Crippen molar-refractivity contribution in [3.05, 3.63) is 0 Å². The van der Waals surface area contributed by atoms with E-state index >= 15 is 0 Å². The molecule has 1 rings (SSSR count). The topological polar surface area (TPSA) is 70.1 Å². The number of rotatable bonds is 4. The van der Waals surface area contributed by atoms with E-state index in [1.165, 1.54) is 0 Å². The second-order valence-electron chi connectivity index (χ2n) is 3.63. The van der Waals surface area contributed by atoms with Gasteiger partial charge in [-0.2, -0.15) is 0 Å². The number of hydrogen-bond acceptors (Lipinski definition) is 5. The minimum absolute atomic E-state index is 0.182. The number of likely N-dealkylation sites (N-methyl/N-ethyl adjacent to an activating group) is 1. The average molecular weight is 216 g/mol. The standard InChI is InChI=1S/C9H16N2O4/c1-10-2-4-11(5-3-10)6-9(14)15-7-8(12)13/h2-7H2,1H3,(H,12,13). The van der Waals surface area contributed by atoms with E-state index in [1.54, 1.807) is 0 Å². The second kappa shape index (κ2) is 5.67. The van der Waals surface area contributed by atoms with Gasteiger partial charge in [-0.25, -0.2) is 4.79 Å². The number of carboxylic acid groups (broad SMARTS) is 1. The molecule has 1 N–H and O–H groups in total. The number of piperazine rings is 1. The maximum Gasteiger partial charge on any atom is 0.341 e. The minimum Gasteiger partial charge on any atom is -0.479 e. The van der Waals surface area contributed by atoms with Gasteiger partial charge in [0, 0.05) is 26.2 Å². The van der Waals surface area contributed by atoms with E-state index in [9.17, 15) is 9.59 Å². The molecule has 0 unspecified atom stereocenters. The Bertz CT molecular complexity index is 236. The van der Waals surface area contributed by atoms with Crippen LogP contribution in [0.3, 0.4) is 0 Å². The van der Waals surface area contributed by atoms with E-state index in [0.29, 0.717) is 0 Å². The molecule has 1 heterocycles. The Hall–Kier alpha value is -1.14. The molecule has 6 heteroatoms. The summed E-state index contributed by atoms with van der Waals surface area (Å²) in [5.74, 6) is -1.59. The van der Waals surface area contributed by atoms with Gasteiger partial charge < -0.3 is 14.7 Å². The predicted molar refractivity (Wildman–Crippen MR) is 52.5 cm³/mol. The Labute approximate surface area is 88.4 Å². The van der Waals surface area contributed by atoms with Crippen molar-refractivity contribution in [2.45, 2.75) is 0 Å². The third kappa shape index (κ3) is 4.75. The fourth-order valence-electron chi connectivity index (χ4n) is 1.38. The monoisotopic (exact) mass is 216 g/mol. The van der Waals surface area contributed by atoms with Gasteiger partial charge in [-0.05, 0) is 7.05 Å². The molecule has 86 valence electrons. The van der Waals surface area contributed by atoms with Crippen molar-refractivity contribution in [1.82, 2.24) is 9.80 Å². The summed E-state index contributed by atoms with van der Waals surface area (Å²) in [7, 11) is 2.03. The summed E-state index contributed by atoms with van der Waals surface area (Å²) in [6.45, 7) is 3.11. The first-order valence-electron chi connectivity index (χ1n) is 4.86. The Kier molecular flexibility index (Phi) is 4.51. The molecule has 0 aromatic rings. The molecule has 15 heavy (non-hydrogen) atoms. The highest BCUT2D eigenvalue weighted by Crippen LogP contribution is 1.98. The molecule has 0 aromatic carbocycles. The quantitative estimate of drug-likeness (QED) is 0.599. The van der Waals surface area contributed by atoms with Crippen LogP contribution in [-0.2, 0) is 14.3 Å². The molecule has 0 aliphatic carbocycles. The van der Waals surface area contributed by atoms with Crippen molar-refractivity contribution in [2.24, 2.45) is 0 Å². The van der Waals surface area contributed by atoms with Gasteiger partial charge in [0.25, 0.3) is 0 Å². The van der Waals surface area contributed by atoms with Gasteiger partial charge in [-0.15, -0.1) is 0 Å². The highest BCUT2D eigenvalue weighted by Gasteiger charge is 2.17. The number of nitrogens with zero attached hydrogens (tertiary/aromatic N) is 2. The van der Waals surface area contributed by atoms with Crippen LogP contribution in [0.25, 0.3) is 0 Å². The molecule has 0 bridgehead atoms. The number of esters is 1. The molecule has 0 saturated carbocycles. The second-order valence-corrected chi connectivity index (χ2v) is 3.63. The van der Waals surface area contributed by atoms with Crippen LogP contribution in [0.1, 0.15) is 0 Å². The van der Waals surface area contributed by atoms with Gasteiger partial charge in [-0.1, -0.05) is 0 Å². The lowest BCUT2D eigenvalue weighted by Gasteiger charge is -2.31. The van der Waals surface area contributed by atoms with E-state index in [4.69, 9.17) is 5.11 Å². The highest BCUT2D eigenvalue weighted by atomic mass is 16.5. The largest absolute Gasteiger partial charge is 0.479 e. The summed E-state index contributed by atoms with van der Waals surface area (Å²) in [6.07, 6.45) is 0. The zero-order chi connectivity index (χ0) is 11.3. The van der Waals surface area contributed by atoms with Crippen LogP contribution in [0.4, 0.5) is 0 Å². The Balaban J connectivity index is 2.17. The van der Waals surface area contributed by atoms with E-state index < -0.39 is 18.5 Å². The fourth-order valence-corrected chi connectivity index (χ4v) is 1.38. The fraction of sp³-hybridized carbons (Fsp3) is 0.778. The maximum absolute atomic E-state index is 11.2. The Morgan fingerprint density at radius 1 is 1.27 bits per heavy atom. The van der Waals surface area contributed by atoms with Crippen LogP contribution >= 0.6 is 0 Å². The van der Waals surface area contributed by atoms with Crippen molar-refractivity contribution in [2.75, 3.05) is 46.4 Å². The van der Waals surface area contributed by atoms with Gasteiger partial charge in [0.05, 0.1) is 6.54 Å². The number of ether oxygens (including phenoxy) is 1. The summed E-state index contributed by atoms with van der Waals surface area (Å²) in [4.78, 5) is 25.4. The molecule has 1 saturated heterocycles. The van der Waals surface area contributed by atoms with E-state index in [1.807, 2.05) is 11.9 Å². The van der Waals surface area contributed by atoms with Crippen LogP contribution in [0, 0.1) is 0 Å². The summed E-state index contributed by atoms with van der Waals surface area (Å²) in [5.41, 5.74) is 0. The summed E-state index contributed by atoms with van der Waals surface area (Å²) >= 11 is 0. The van der Waals surface area contributed by atoms with Crippen LogP contribution in [0.2, 0.25) is 0 Å². The molecule has 0 radical (unpaired) electrons. The lowest BCUT2D eigenvalue weighted by Crippen LogP contribution is -2.46. The molecule has 0 aromatic heterocycles. The van der Waals surface area contributed by atoms with Gasteiger partial charge in [0.1, 0.15) is 0 Å². The normalized spacial score (nSPS) is 18.7. The zero-order valence-corrected chi connectivity index (χ0v) is 8.81. The third-order valence-electron chi connectivity index (χ3n) is 2.31. The van der Waals surface area contributed by atoms with Crippen LogP contribution in [0.15, 0.2) is 0 Å². The Morgan fingerprint density at radius 2 is 1.87 bits per heavy atom. The van der Waals surface area contributed by atoms with Crippen molar-refractivity contribution in [3.8, 4) is 0 Å². The number of carboxylic acids is 1. The summed E-state index contributed by atoms with van der Waals surface area (Å²) in [6, 6.07) is 0. The van der Waals surface area contributed by atoms with E-state index in [-0.39, 0.29) is 6.54 Å². The zero-order valence-electron chi connectivity index (χ0n) is 8.81. The average Bonchev–Trinajstić information content (AvgIpc) is 2.19. The molecular formula is C9H16N2O4. The van der Waals surface area contributed by atoms with Crippen LogP contribution in [-0.4, -0.2) is 73.2 Å². The molecular weight excluding hydrogens is 200 g/mol. The van der Waals surface area contributed by atoms with Crippen molar-refractivity contribution in [3.63, 3.8) is 0 Å².